The molecule has 0 aromatic rings. The van der Waals surface area contributed by atoms with Gasteiger partial charge in [-0.05, 0) is 64.2 Å². The Hall–Kier alpha value is -1.44. The van der Waals surface area contributed by atoms with Gasteiger partial charge in [-0.15, -0.1) is 0 Å². The van der Waals surface area contributed by atoms with E-state index in [0.717, 1.165) is 89.9 Å². The number of carbonyl (C=O) groups excluding carboxylic acids is 1. The molecule has 0 aliphatic heterocycles. The predicted molar refractivity (Wildman–Crippen MR) is 212 cm³/mol. The molecule has 12 nitrogen and oxygen atoms in total. The number of hydrogen-bond acceptors (Lipinski definition) is 11. The van der Waals surface area contributed by atoms with E-state index in [2.05, 4.69) is 50.3 Å². The second-order valence-electron chi connectivity index (χ2n) is 14.5. The van der Waals surface area contributed by atoms with Crippen LogP contribution in [0.15, 0.2) is 36.5 Å². The maximum atomic E-state index is 12.8. The van der Waals surface area contributed by atoms with Gasteiger partial charge in [0.2, 0.25) is 0 Å². The minimum atomic E-state index is -5.02. The van der Waals surface area contributed by atoms with Gasteiger partial charge in [0, 0.05) is 13.0 Å². The number of rotatable bonds is 34. The summed E-state index contributed by atoms with van der Waals surface area (Å²) in [5.74, 6) is -0.493. The molecule has 6 atom stereocenters. The summed E-state index contributed by atoms with van der Waals surface area (Å²) < 4.78 is 34.0. The number of phosphoric acid groups is 1. The van der Waals surface area contributed by atoms with E-state index < -0.39 is 63.1 Å². The standard InChI is InChI=1S/C41H75O12P/c1-3-5-7-9-11-13-15-17-18-19-21-23-25-27-29-31-50-32-34(52-35(42)30-28-26-24-22-20-16-14-12-10-8-6-4-2)33-51-54(48,49)53-41-39(46)37(44)36(43)38(45)40(41)47/h9,11-12,14-15,17,34,36-41,43-47H,3-8,10,13,16,18-33H2,1-2H3,(H,48,49)/b11-9-,14-12-,17-15-. The molecule has 0 amide bonds. The van der Waals surface area contributed by atoms with E-state index in [0.29, 0.717) is 13.0 Å². The van der Waals surface area contributed by atoms with Crippen molar-refractivity contribution in [1.29, 1.82) is 0 Å². The van der Waals surface area contributed by atoms with Crippen LogP contribution in [-0.4, -0.2) is 98.9 Å². The Balaban J connectivity index is 2.46. The van der Waals surface area contributed by atoms with Gasteiger partial charge in [-0.25, -0.2) is 4.57 Å². The zero-order valence-corrected chi connectivity index (χ0v) is 34.2. The molecule has 0 aromatic heterocycles. The molecule has 1 saturated carbocycles. The fourth-order valence-electron chi connectivity index (χ4n) is 6.07. The van der Waals surface area contributed by atoms with Crippen LogP contribution in [0.2, 0.25) is 0 Å². The largest absolute Gasteiger partial charge is 0.472 e. The molecular formula is C41H75O12P. The molecule has 1 aliphatic rings. The molecule has 54 heavy (non-hydrogen) atoms. The van der Waals surface area contributed by atoms with Gasteiger partial charge in [0.15, 0.2) is 0 Å². The lowest BCUT2D eigenvalue weighted by Crippen LogP contribution is -2.64. The summed E-state index contributed by atoms with van der Waals surface area (Å²) in [6, 6.07) is 0. The average Bonchev–Trinajstić information content (AvgIpc) is 3.15. The number of ether oxygens (including phenoxy) is 2. The Kier molecular flexibility index (Phi) is 30.6. The molecule has 0 saturated heterocycles. The van der Waals surface area contributed by atoms with E-state index in [1.165, 1.54) is 38.5 Å². The second kappa shape index (κ2) is 32.6. The van der Waals surface area contributed by atoms with Gasteiger partial charge in [-0.3, -0.25) is 13.8 Å². The molecule has 6 unspecified atom stereocenters. The Morgan fingerprint density at radius 1 is 0.593 bits per heavy atom. The number of phosphoric ester groups is 1. The number of esters is 1. The normalized spacial score (nSPS) is 23.8. The van der Waals surface area contributed by atoms with Gasteiger partial charge in [0.1, 0.15) is 42.7 Å². The molecule has 0 spiro atoms. The Morgan fingerprint density at radius 2 is 1.06 bits per heavy atom. The fraction of sp³-hybridized carbons (Fsp3) is 0.829. The molecule has 0 radical (unpaired) electrons. The smallest absolute Gasteiger partial charge is 0.457 e. The number of aliphatic hydroxyl groups excluding tert-OH is 5. The third kappa shape index (κ3) is 24.9. The van der Waals surface area contributed by atoms with Gasteiger partial charge < -0.3 is 39.9 Å². The maximum absolute atomic E-state index is 12.8. The zero-order chi connectivity index (χ0) is 39.9. The second-order valence-corrected chi connectivity index (χ2v) is 15.9. The van der Waals surface area contributed by atoms with Gasteiger partial charge in [0.05, 0.1) is 13.2 Å². The molecule has 1 aliphatic carbocycles. The third-order valence-electron chi connectivity index (χ3n) is 9.49. The molecule has 0 aromatic carbocycles. The van der Waals surface area contributed by atoms with Crippen LogP contribution >= 0.6 is 7.82 Å². The van der Waals surface area contributed by atoms with Crippen molar-refractivity contribution in [1.82, 2.24) is 0 Å². The van der Waals surface area contributed by atoms with Gasteiger partial charge in [-0.2, -0.15) is 0 Å². The van der Waals surface area contributed by atoms with Gasteiger partial charge >= 0.3 is 13.8 Å². The molecule has 0 bridgehead atoms. The first-order valence-corrected chi connectivity index (χ1v) is 22.3. The van der Waals surface area contributed by atoms with Crippen LogP contribution in [0.1, 0.15) is 155 Å². The quantitative estimate of drug-likeness (QED) is 0.0163. The lowest BCUT2D eigenvalue weighted by atomic mass is 9.85. The summed E-state index contributed by atoms with van der Waals surface area (Å²) in [6.07, 6.45) is 23.6. The van der Waals surface area contributed by atoms with E-state index in [4.69, 9.17) is 18.5 Å². The first-order chi connectivity index (χ1) is 26.0. The molecule has 1 rings (SSSR count). The zero-order valence-electron chi connectivity index (χ0n) is 33.3. The van der Waals surface area contributed by atoms with E-state index in [9.17, 15) is 39.8 Å². The van der Waals surface area contributed by atoms with Crippen LogP contribution in [-0.2, 0) is 27.9 Å². The summed E-state index contributed by atoms with van der Waals surface area (Å²) in [4.78, 5) is 23.0. The summed E-state index contributed by atoms with van der Waals surface area (Å²) in [7, 11) is -5.02. The van der Waals surface area contributed by atoms with Crippen molar-refractivity contribution in [3.05, 3.63) is 36.5 Å². The maximum Gasteiger partial charge on any atom is 0.472 e. The molecule has 0 heterocycles. The van der Waals surface area contributed by atoms with Crippen LogP contribution in [0.25, 0.3) is 0 Å². The van der Waals surface area contributed by atoms with E-state index in [1.807, 2.05) is 0 Å². The molecule has 1 fully saturated rings. The molecular weight excluding hydrogens is 715 g/mol. The third-order valence-corrected chi connectivity index (χ3v) is 10.5. The summed E-state index contributed by atoms with van der Waals surface area (Å²) in [5.41, 5.74) is 0. The summed E-state index contributed by atoms with van der Waals surface area (Å²) in [6.45, 7) is 4.14. The topological polar surface area (TPSA) is 192 Å². The highest BCUT2D eigenvalue weighted by atomic mass is 31.2. The number of aliphatic hydroxyl groups is 5. The lowest BCUT2D eigenvalue weighted by molar-refractivity contribution is -0.220. The monoisotopic (exact) mass is 790 g/mol. The number of unbranched alkanes of at least 4 members (excludes halogenated alkanes) is 16. The lowest BCUT2D eigenvalue weighted by Gasteiger charge is -2.41. The Bertz CT molecular complexity index is 1040. The van der Waals surface area contributed by atoms with E-state index in [-0.39, 0.29) is 13.0 Å². The van der Waals surface area contributed by atoms with Crippen LogP contribution in [0, 0.1) is 0 Å². The van der Waals surface area contributed by atoms with Crippen molar-refractivity contribution in [2.24, 2.45) is 0 Å². The van der Waals surface area contributed by atoms with Gasteiger partial charge in [-0.1, -0.05) is 121 Å². The fourth-order valence-corrected chi connectivity index (χ4v) is 7.04. The van der Waals surface area contributed by atoms with E-state index >= 15 is 0 Å². The first kappa shape index (κ1) is 50.6. The number of allylic oxidation sites excluding steroid dienone is 6. The highest BCUT2D eigenvalue weighted by Crippen LogP contribution is 2.47. The first-order valence-electron chi connectivity index (χ1n) is 20.8. The van der Waals surface area contributed by atoms with Crippen LogP contribution < -0.4 is 0 Å². The van der Waals surface area contributed by atoms with Crippen molar-refractivity contribution in [2.45, 2.75) is 198 Å². The highest BCUT2D eigenvalue weighted by Gasteiger charge is 2.51. The molecule has 6 N–H and O–H groups in total. The minimum Gasteiger partial charge on any atom is -0.457 e. The Morgan fingerprint density at radius 3 is 1.63 bits per heavy atom. The Labute approximate surface area is 325 Å². The average molecular weight is 791 g/mol. The summed E-state index contributed by atoms with van der Waals surface area (Å²) in [5, 5.41) is 50.0. The van der Waals surface area contributed by atoms with E-state index in [1.54, 1.807) is 0 Å². The highest BCUT2D eigenvalue weighted by molar-refractivity contribution is 7.47. The molecule has 316 valence electrons. The van der Waals surface area contributed by atoms with Crippen molar-refractivity contribution < 1.29 is 58.3 Å². The van der Waals surface area contributed by atoms with Crippen molar-refractivity contribution in [2.75, 3.05) is 19.8 Å². The number of carbonyl (C=O) groups is 1. The predicted octanol–water partition coefficient (Wildman–Crippen LogP) is 7.53. The van der Waals surface area contributed by atoms with Gasteiger partial charge in [0.25, 0.3) is 0 Å². The van der Waals surface area contributed by atoms with Crippen LogP contribution in [0.5, 0.6) is 0 Å². The summed E-state index contributed by atoms with van der Waals surface area (Å²) >= 11 is 0. The molecule has 13 heteroatoms. The van der Waals surface area contributed by atoms with Crippen LogP contribution in [0.4, 0.5) is 0 Å². The van der Waals surface area contributed by atoms with Crippen molar-refractivity contribution >= 4 is 13.8 Å². The van der Waals surface area contributed by atoms with Crippen LogP contribution in [0.3, 0.4) is 0 Å². The number of hydrogen-bond donors (Lipinski definition) is 6. The van der Waals surface area contributed by atoms with Crippen molar-refractivity contribution in [3.8, 4) is 0 Å². The minimum absolute atomic E-state index is 0.0872. The van der Waals surface area contributed by atoms with Crippen molar-refractivity contribution in [3.63, 3.8) is 0 Å². The SMILES string of the molecule is CCCC/C=C\C/C=C\CCCCCCCCOCC(COP(=O)(O)OC1C(O)C(O)C(O)C(O)C1O)OC(=O)CCCCCCC/C=C\CCCCC.